The van der Waals surface area contributed by atoms with Gasteiger partial charge in [0.1, 0.15) is 0 Å². The summed E-state index contributed by atoms with van der Waals surface area (Å²) in [6.45, 7) is 8.21. The third-order valence-electron chi connectivity index (χ3n) is 5.34. The van der Waals surface area contributed by atoms with Crippen LogP contribution in [0.2, 0.25) is 0 Å². The lowest BCUT2D eigenvalue weighted by molar-refractivity contribution is 0.297. The highest BCUT2D eigenvalue weighted by molar-refractivity contribution is 5.47. The van der Waals surface area contributed by atoms with Gasteiger partial charge in [-0.05, 0) is 79.7 Å². The highest BCUT2D eigenvalue weighted by Gasteiger charge is 2.21. The summed E-state index contributed by atoms with van der Waals surface area (Å²) in [7, 11) is 0. The Balaban J connectivity index is 2.05. The molecule has 0 amide bonds. The van der Waals surface area contributed by atoms with Crippen molar-refractivity contribution in [3.8, 4) is 0 Å². The summed E-state index contributed by atoms with van der Waals surface area (Å²) in [4.78, 5) is 0. The Hall–Kier alpha value is -1.77. The lowest BCUT2D eigenvalue weighted by Crippen LogP contribution is -2.15. The molecule has 0 saturated heterocycles. The van der Waals surface area contributed by atoms with Crippen LogP contribution in [0.4, 0.5) is 13.2 Å². The molecule has 0 atom stereocenters. The Bertz CT molecular complexity index is 651. The average molecular weight is 348 g/mol. The van der Waals surface area contributed by atoms with Crippen LogP contribution < -0.4 is 0 Å². The second kappa shape index (κ2) is 9.07. The van der Waals surface area contributed by atoms with Crippen LogP contribution in [0.1, 0.15) is 52.4 Å². The van der Waals surface area contributed by atoms with E-state index < -0.39 is 17.5 Å². The fourth-order valence-electron chi connectivity index (χ4n) is 3.58. The summed E-state index contributed by atoms with van der Waals surface area (Å²) in [5.41, 5.74) is 2.33. The van der Waals surface area contributed by atoms with Crippen LogP contribution in [0.15, 0.2) is 71.2 Å². The van der Waals surface area contributed by atoms with Gasteiger partial charge in [0.05, 0.1) is 0 Å². The van der Waals surface area contributed by atoms with Crippen LogP contribution >= 0.6 is 0 Å². The summed E-state index contributed by atoms with van der Waals surface area (Å²) in [6, 6.07) is 0. The van der Waals surface area contributed by atoms with Crippen molar-refractivity contribution in [2.75, 3.05) is 0 Å². The summed E-state index contributed by atoms with van der Waals surface area (Å²) in [5, 5.41) is 0. The standard InChI is InChI=1S/C22H27F3/c1-4-16-7-10-18(11-8-16)17(5-2)9-6-15(3)19-12-13-20(23)22(25)21(24)14-19/h5-6,9,13-14,16,18H,3-4,7-8,10-12H2,1-2H3/b9-6-,17-5+. The molecule has 0 bridgehead atoms. The van der Waals surface area contributed by atoms with Crippen LogP contribution in [0.25, 0.3) is 0 Å². The van der Waals surface area contributed by atoms with E-state index in [4.69, 9.17) is 0 Å². The van der Waals surface area contributed by atoms with E-state index in [1.807, 2.05) is 19.1 Å². The second-order valence-corrected chi connectivity index (χ2v) is 6.86. The van der Waals surface area contributed by atoms with Crippen molar-refractivity contribution in [2.45, 2.75) is 52.4 Å². The molecule has 0 heterocycles. The first-order chi connectivity index (χ1) is 12.0. The van der Waals surface area contributed by atoms with Gasteiger partial charge in [-0.1, -0.05) is 38.2 Å². The van der Waals surface area contributed by atoms with Crippen LogP contribution in [-0.4, -0.2) is 0 Å². The number of rotatable bonds is 5. The zero-order chi connectivity index (χ0) is 18.4. The van der Waals surface area contributed by atoms with E-state index in [2.05, 4.69) is 19.6 Å². The molecule has 25 heavy (non-hydrogen) atoms. The summed E-state index contributed by atoms with van der Waals surface area (Å²) < 4.78 is 40.2. The maximum atomic E-state index is 13.6. The zero-order valence-electron chi connectivity index (χ0n) is 15.1. The Kier molecular flexibility index (Phi) is 7.10. The smallest absolute Gasteiger partial charge is 0.194 e. The molecule has 1 fully saturated rings. The third kappa shape index (κ3) is 5.10. The molecule has 2 rings (SSSR count). The molecule has 2 aliphatic carbocycles. The van der Waals surface area contributed by atoms with Gasteiger partial charge in [0, 0.05) is 0 Å². The van der Waals surface area contributed by atoms with Gasteiger partial charge in [-0.25, -0.2) is 13.2 Å². The molecule has 0 spiro atoms. The minimum Gasteiger partial charge on any atom is -0.204 e. The maximum absolute atomic E-state index is 13.6. The summed E-state index contributed by atoms with van der Waals surface area (Å²) in [5.74, 6) is -2.38. The van der Waals surface area contributed by atoms with Crippen LogP contribution in [0.3, 0.4) is 0 Å². The largest absolute Gasteiger partial charge is 0.204 e. The van der Waals surface area contributed by atoms with Gasteiger partial charge in [0.15, 0.2) is 17.5 Å². The molecule has 0 aromatic heterocycles. The second-order valence-electron chi connectivity index (χ2n) is 6.86. The monoisotopic (exact) mass is 348 g/mol. The van der Waals surface area contributed by atoms with Crippen molar-refractivity contribution in [1.29, 1.82) is 0 Å². The van der Waals surface area contributed by atoms with E-state index in [-0.39, 0.29) is 6.42 Å². The minimum atomic E-state index is -1.44. The molecule has 3 heteroatoms. The van der Waals surface area contributed by atoms with E-state index in [1.165, 1.54) is 37.7 Å². The molecule has 0 aromatic rings. The Morgan fingerprint density at radius 3 is 2.44 bits per heavy atom. The predicted octanol–water partition coefficient (Wildman–Crippen LogP) is 7.60. The van der Waals surface area contributed by atoms with E-state index in [9.17, 15) is 13.2 Å². The van der Waals surface area contributed by atoms with Gasteiger partial charge >= 0.3 is 0 Å². The first kappa shape index (κ1) is 19.6. The van der Waals surface area contributed by atoms with Crippen LogP contribution in [0, 0.1) is 11.8 Å². The molecule has 0 unspecified atom stereocenters. The number of allylic oxidation sites excluding steroid dienone is 11. The van der Waals surface area contributed by atoms with E-state index >= 15 is 0 Å². The SMILES string of the molecule is C=C(/C=C\C(=C/C)C1CCC(CC)CC1)C1=CC(F)=C(F)C(F)=CC1. The Morgan fingerprint density at radius 2 is 1.84 bits per heavy atom. The molecular weight excluding hydrogens is 321 g/mol. The number of hydrogen-bond acceptors (Lipinski definition) is 0. The zero-order valence-corrected chi connectivity index (χ0v) is 15.1. The van der Waals surface area contributed by atoms with Crippen molar-refractivity contribution in [3.63, 3.8) is 0 Å². The maximum Gasteiger partial charge on any atom is 0.194 e. The first-order valence-electron chi connectivity index (χ1n) is 9.11. The normalized spacial score (nSPS) is 25.7. The fourth-order valence-corrected chi connectivity index (χ4v) is 3.58. The molecule has 2 aliphatic rings. The van der Waals surface area contributed by atoms with Crippen LogP contribution in [-0.2, 0) is 0 Å². The molecular formula is C22H27F3. The lowest BCUT2D eigenvalue weighted by atomic mass is 9.77. The van der Waals surface area contributed by atoms with Gasteiger partial charge < -0.3 is 0 Å². The van der Waals surface area contributed by atoms with Gasteiger partial charge in [0.25, 0.3) is 0 Å². The van der Waals surface area contributed by atoms with Gasteiger partial charge in [-0.15, -0.1) is 0 Å². The lowest BCUT2D eigenvalue weighted by Gasteiger charge is -2.28. The third-order valence-corrected chi connectivity index (χ3v) is 5.34. The molecule has 0 aliphatic heterocycles. The van der Waals surface area contributed by atoms with Gasteiger partial charge in [-0.3, -0.25) is 0 Å². The Morgan fingerprint density at radius 1 is 1.16 bits per heavy atom. The molecule has 0 N–H and O–H groups in total. The molecule has 1 saturated carbocycles. The molecule has 136 valence electrons. The van der Waals surface area contributed by atoms with Crippen molar-refractivity contribution < 1.29 is 13.2 Å². The van der Waals surface area contributed by atoms with E-state index in [0.29, 0.717) is 17.1 Å². The van der Waals surface area contributed by atoms with Gasteiger partial charge in [-0.2, -0.15) is 0 Å². The molecule has 0 radical (unpaired) electrons. The van der Waals surface area contributed by atoms with Crippen molar-refractivity contribution >= 4 is 0 Å². The van der Waals surface area contributed by atoms with E-state index in [1.54, 1.807) is 0 Å². The van der Waals surface area contributed by atoms with Crippen molar-refractivity contribution in [2.24, 2.45) is 11.8 Å². The number of hydrogen-bond donors (Lipinski definition) is 0. The molecule has 0 nitrogen and oxygen atoms in total. The quantitative estimate of drug-likeness (QED) is 0.449. The summed E-state index contributed by atoms with van der Waals surface area (Å²) >= 11 is 0. The van der Waals surface area contributed by atoms with Crippen LogP contribution in [0.5, 0.6) is 0 Å². The minimum absolute atomic E-state index is 0.128. The predicted molar refractivity (Wildman–Crippen MR) is 98.9 cm³/mol. The number of halogens is 3. The van der Waals surface area contributed by atoms with E-state index in [0.717, 1.165) is 18.1 Å². The highest BCUT2D eigenvalue weighted by Crippen LogP contribution is 2.35. The molecule has 0 aromatic carbocycles. The fraction of sp³-hybridized carbons (Fsp3) is 0.455. The first-order valence-corrected chi connectivity index (χ1v) is 9.11. The topological polar surface area (TPSA) is 0 Å². The van der Waals surface area contributed by atoms with Crippen molar-refractivity contribution in [3.05, 3.63) is 71.2 Å². The summed E-state index contributed by atoms with van der Waals surface area (Å²) in [6.07, 6.45) is 14.3. The Labute approximate surface area is 149 Å². The average Bonchev–Trinajstić information content (AvgIpc) is 2.76. The highest BCUT2D eigenvalue weighted by atomic mass is 19.2. The van der Waals surface area contributed by atoms with Gasteiger partial charge in [0.2, 0.25) is 0 Å². The van der Waals surface area contributed by atoms with Crippen molar-refractivity contribution in [1.82, 2.24) is 0 Å².